The van der Waals surface area contributed by atoms with Crippen molar-refractivity contribution in [3.8, 4) is 0 Å². The molecule has 58 heavy (non-hydrogen) atoms. The molecule has 0 fully saturated rings. The molecule has 1 unspecified atom stereocenters. The lowest BCUT2D eigenvalue weighted by Gasteiger charge is -2.19. The average Bonchev–Trinajstić information content (AvgIpc) is 3.20. The number of nitrogens with two attached hydrogens (primary N) is 1. The van der Waals surface area contributed by atoms with Crippen LogP contribution in [0.4, 0.5) is 0 Å². The Kier molecular flexibility index (Phi) is 41.5. The second-order valence-electron chi connectivity index (χ2n) is 15.6. The molecule has 0 saturated heterocycles. The Morgan fingerprint density at radius 3 is 1.48 bits per heavy atom. The van der Waals surface area contributed by atoms with Gasteiger partial charge in [-0.05, 0) is 64.7 Å². The largest absolute Gasteiger partial charge is 0.472 e. The Labute approximate surface area is 354 Å². The summed E-state index contributed by atoms with van der Waals surface area (Å²) in [6.07, 6.45) is 47.1. The van der Waals surface area contributed by atoms with Crippen LogP contribution in [0.25, 0.3) is 0 Å². The molecule has 0 spiro atoms. The van der Waals surface area contributed by atoms with Gasteiger partial charge in [0, 0.05) is 19.4 Å². The van der Waals surface area contributed by atoms with Crippen LogP contribution in [0.3, 0.4) is 0 Å². The second kappa shape index (κ2) is 43.0. The molecule has 0 heterocycles. The Bertz CT molecular complexity index is 1110. The van der Waals surface area contributed by atoms with Crippen molar-refractivity contribution >= 4 is 19.8 Å². The third-order valence-electron chi connectivity index (χ3n) is 9.74. The van der Waals surface area contributed by atoms with E-state index in [-0.39, 0.29) is 38.7 Å². The number of hydrogen-bond donors (Lipinski definition) is 3. The molecule has 11 heteroatoms. The number of rotatable bonds is 43. The van der Waals surface area contributed by atoms with Crippen molar-refractivity contribution < 1.29 is 42.7 Å². The molecule has 0 aromatic carbocycles. The fourth-order valence-electron chi connectivity index (χ4n) is 6.29. The molecule has 0 aliphatic carbocycles. The zero-order chi connectivity index (χ0) is 42.6. The van der Waals surface area contributed by atoms with E-state index in [1.165, 1.54) is 103 Å². The smallest absolute Gasteiger partial charge is 0.462 e. The standard InChI is InChI=1S/C47H86NO9P/c1-3-4-5-6-7-8-9-10-11-12-13-14-17-20-23-26-29-32-35-38-46(50)54-42-45(43-56-58(52,53)55-41-40-48)57-47(51)39-36-33-30-27-24-21-18-15-16-19-22-25-28-31-34-37-44(2)49/h16,18-19,21,25,27-28,30,44-45,49H,3-15,17,20,22-24,26,29,31-43,48H2,1-2H3,(H,52,53)/b19-16-,21-18-,28-25-,30-27-/t44-,45+/m0/s1. The molecule has 0 aromatic heterocycles. The number of carbonyl (C=O) groups is 2. The van der Waals surface area contributed by atoms with Crippen molar-refractivity contribution in [3.05, 3.63) is 48.6 Å². The van der Waals surface area contributed by atoms with Gasteiger partial charge in [-0.3, -0.25) is 18.6 Å². The van der Waals surface area contributed by atoms with Gasteiger partial charge in [-0.15, -0.1) is 0 Å². The van der Waals surface area contributed by atoms with Crippen LogP contribution in [0.5, 0.6) is 0 Å². The average molecular weight is 840 g/mol. The molecule has 10 nitrogen and oxygen atoms in total. The normalized spacial score (nSPS) is 14.2. The van der Waals surface area contributed by atoms with E-state index in [4.69, 9.17) is 24.3 Å². The number of phosphoric ester groups is 1. The summed E-state index contributed by atoms with van der Waals surface area (Å²) in [6, 6.07) is 0. The van der Waals surface area contributed by atoms with Crippen molar-refractivity contribution in [3.63, 3.8) is 0 Å². The van der Waals surface area contributed by atoms with Gasteiger partial charge in [0.25, 0.3) is 0 Å². The van der Waals surface area contributed by atoms with Gasteiger partial charge in [0.15, 0.2) is 6.10 Å². The van der Waals surface area contributed by atoms with Crippen LogP contribution >= 0.6 is 7.82 Å². The highest BCUT2D eigenvalue weighted by molar-refractivity contribution is 7.47. The maximum absolute atomic E-state index is 12.6. The molecule has 0 aromatic rings. The first kappa shape index (κ1) is 55.9. The van der Waals surface area contributed by atoms with Gasteiger partial charge in [-0.25, -0.2) is 4.57 Å². The highest BCUT2D eigenvalue weighted by Gasteiger charge is 2.26. The minimum Gasteiger partial charge on any atom is -0.462 e. The molecule has 0 bridgehead atoms. The molecule has 338 valence electrons. The summed E-state index contributed by atoms with van der Waals surface area (Å²) in [4.78, 5) is 34.9. The highest BCUT2D eigenvalue weighted by Crippen LogP contribution is 2.43. The van der Waals surface area contributed by atoms with E-state index in [9.17, 15) is 24.2 Å². The number of allylic oxidation sites excluding steroid dienone is 8. The summed E-state index contributed by atoms with van der Waals surface area (Å²) in [5, 5.41) is 9.27. The van der Waals surface area contributed by atoms with Crippen molar-refractivity contribution in [1.29, 1.82) is 0 Å². The van der Waals surface area contributed by atoms with Crippen molar-refractivity contribution in [2.45, 2.75) is 212 Å². The second-order valence-corrected chi connectivity index (χ2v) is 17.0. The lowest BCUT2D eigenvalue weighted by atomic mass is 10.0. The fourth-order valence-corrected chi connectivity index (χ4v) is 7.06. The van der Waals surface area contributed by atoms with Crippen LogP contribution in [0.2, 0.25) is 0 Å². The number of esters is 2. The maximum atomic E-state index is 12.6. The zero-order valence-corrected chi connectivity index (χ0v) is 37.8. The summed E-state index contributed by atoms with van der Waals surface area (Å²) in [6.45, 7) is 3.23. The molecule has 3 atom stereocenters. The predicted octanol–water partition coefficient (Wildman–Crippen LogP) is 12.5. The molecule has 0 rings (SSSR count). The summed E-state index contributed by atoms with van der Waals surface area (Å²) < 4.78 is 32.7. The number of hydrogen-bond acceptors (Lipinski definition) is 9. The predicted molar refractivity (Wildman–Crippen MR) is 239 cm³/mol. The van der Waals surface area contributed by atoms with E-state index in [2.05, 4.69) is 49.5 Å². The summed E-state index contributed by atoms with van der Waals surface area (Å²) >= 11 is 0. The molecule has 0 amide bonds. The van der Waals surface area contributed by atoms with Gasteiger partial charge in [0.05, 0.1) is 19.3 Å². The van der Waals surface area contributed by atoms with Crippen LogP contribution in [-0.2, 0) is 32.7 Å². The van der Waals surface area contributed by atoms with Crippen LogP contribution in [-0.4, -0.2) is 60.5 Å². The van der Waals surface area contributed by atoms with Gasteiger partial charge in [0.1, 0.15) is 6.61 Å². The van der Waals surface area contributed by atoms with E-state index < -0.39 is 32.5 Å². The Hall–Kier alpha value is -2.07. The van der Waals surface area contributed by atoms with Crippen LogP contribution in [0.1, 0.15) is 200 Å². The number of aliphatic hydroxyl groups is 1. The molecular formula is C47H86NO9P. The van der Waals surface area contributed by atoms with Crippen molar-refractivity contribution in [2.24, 2.45) is 5.73 Å². The van der Waals surface area contributed by atoms with Crippen LogP contribution in [0, 0.1) is 0 Å². The van der Waals surface area contributed by atoms with E-state index in [0.29, 0.717) is 12.8 Å². The maximum Gasteiger partial charge on any atom is 0.472 e. The van der Waals surface area contributed by atoms with E-state index in [1.54, 1.807) is 0 Å². The first-order valence-electron chi connectivity index (χ1n) is 23.1. The Morgan fingerprint density at radius 1 is 0.586 bits per heavy atom. The van der Waals surface area contributed by atoms with Gasteiger partial charge in [0.2, 0.25) is 0 Å². The highest BCUT2D eigenvalue weighted by atomic mass is 31.2. The number of carbonyl (C=O) groups excluding carboxylic acids is 2. The summed E-state index contributed by atoms with van der Waals surface area (Å²) in [7, 11) is -4.40. The SMILES string of the molecule is CCCCCCCCCCCCCCCCCCCCCC(=O)OC[C@H](COP(=O)(O)OCCN)OC(=O)CCC/C=C\C/C=C\C/C=C\C/C=C\CCC[C@H](C)O. The number of ether oxygens (including phenoxy) is 2. The lowest BCUT2D eigenvalue weighted by molar-refractivity contribution is -0.161. The first-order chi connectivity index (χ1) is 28.2. The number of unbranched alkanes of at least 4 members (excludes halogenated alkanes) is 20. The van der Waals surface area contributed by atoms with Crippen LogP contribution < -0.4 is 5.73 Å². The number of phosphoric acid groups is 1. The third-order valence-corrected chi connectivity index (χ3v) is 10.7. The van der Waals surface area contributed by atoms with E-state index >= 15 is 0 Å². The zero-order valence-electron chi connectivity index (χ0n) is 36.9. The van der Waals surface area contributed by atoms with E-state index in [1.807, 2.05) is 13.0 Å². The fraction of sp³-hybridized carbons (Fsp3) is 0.787. The Morgan fingerprint density at radius 2 is 1.02 bits per heavy atom. The molecule has 0 aliphatic rings. The number of aliphatic hydroxyl groups excluding tert-OH is 1. The van der Waals surface area contributed by atoms with Crippen molar-refractivity contribution in [2.75, 3.05) is 26.4 Å². The van der Waals surface area contributed by atoms with Gasteiger partial charge in [-0.2, -0.15) is 0 Å². The molecular weight excluding hydrogens is 753 g/mol. The Balaban J connectivity index is 4.18. The molecule has 0 radical (unpaired) electrons. The van der Waals surface area contributed by atoms with Crippen LogP contribution in [0.15, 0.2) is 48.6 Å². The topological polar surface area (TPSA) is 155 Å². The monoisotopic (exact) mass is 840 g/mol. The summed E-state index contributed by atoms with van der Waals surface area (Å²) in [5.74, 6) is -0.906. The van der Waals surface area contributed by atoms with E-state index in [0.717, 1.165) is 57.8 Å². The van der Waals surface area contributed by atoms with Gasteiger partial charge >= 0.3 is 19.8 Å². The minimum atomic E-state index is -4.40. The van der Waals surface area contributed by atoms with Gasteiger partial charge < -0.3 is 25.2 Å². The van der Waals surface area contributed by atoms with Crippen molar-refractivity contribution in [1.82, 2.24) is 0 Å². The summed E-state index contributed by atoms with van der Waals surface area (Å²) in [5.41, 5.74) is 5.35. The first-order valence-corrected chi connectivity index (χ1v) is 24.6. The molecule has 0 saturated carbocycles. The molecule has 4 N–H and O–H groups in total. The molecule has 0 aliphatic heterocycles. The lowest BCUT2D eigenvalue weighted by Crippen LogP contribution is -2.29. The minimum absolute atomic E-state index is 0.0390. The van der Waals surface area contributed by atoms with Gasteiger partial charge in [-0.1, -0.05) is 171 Å². The third kappa shape index (κ3) is 43.5. The quantitative estimate of drug-likeness (QED) is 0.0234.